The first-order chi connectivity index (χ1) is 24.8. The van der Waals surface area contributed by atoms with E-state index < -0.39 is 0 Å². The van der Waals surface area contributed by atoms with Crippen molar-refractivity contribution in [1.82, 2.24) is 15.0 Å². The van der Waals surface area contributed by atoms with Crippen molar-refractivity contribution in [2.24, 2.45) is 0 Å². The maximum Gasteiger partial charge on any atom is 0.164 e. The molecular formula is C45H27N3OS. The molecule has 3 heterocycles. The summed E-state index contributed by atoms with van der Waals surface area (Å²) in [6, 6.07) is 56.7. The molecule has 0 unspecified atom stereocenters. The highest BCUT2D eigenvalue weighted by atomic mass is 32.1. The van der Waals surface area contributed by atoms with Crippen molar-refractivity contribution in [3.8, 4) is 56.4 Å². The van der Waals surface area contributed by atoms with Crippen molar-refractivity contribution in [2.75, 3.05) is 0 Å². The van der Waals surface area contributed by atoms with Gasteiger partial charge in [-0.05, 0) is 28.8 Å². The molecule has 0 aliphatic carbocycles. The predicted molar refractivity (Wildman–Crippen MR) is 207 cm³/mol. The van der Waals surface area contributed by atoms with Crippen molar-refractivity contribution in [3.63, 3.8) is 0 Å². The fourth-order valence-corrected chi connectivity index (χ4v) is 8.28. The number of thiophene rings is 1. The molecule has 3 aromatic heterocycles. The van der Waals surface area contributed by atoms with Crippen LogP contribution in [0, 0.1) is 0 Å². The topological polar surface area (TPSA) is 51.8 Å². The first kappa shape index (κ1) is 28.6. The summed E-state index contributed by atoms with van der Waals surface area (Å²) in [4.78, 5) is 15.3. The van der Waals surface area contributed by atoms with E-state index in [1.165, 1.54) is 31.3 Å². The van der Waals surface area contributed by atoms with Gasteiger partial charge in [0.1, 0.15) is 11.2 Å². The molecule has 0 fully saturated rings. The highest BCUT2D eigenvalue weighted by Crippen LogP contribution is 2.42. The number of furan rings is 1. The van der Waals surface area contributed by atoms with Gasteiger partial charge in [-0.15, -0.1) is 11.3 Å². The number of para-hydroxylation sites is 1. The molecule has 0 atom stereocenters. The summed E-state index contributed by atoms with van der Waals surface area (Å²) in [6.45, 7) is 0. The number of hydrogen-bond donors (Lipinski definition) is 0. The quantitative estimate of drug-likeness (QED) is 0.185. The van der Waals surface area contributed by atoms with Gasteiger partial charge in [0.15, 0.2) is 17.5 Å². The summed E-state index contributed by atoms with van der Waals surface area (Å²) in [6.07, 6.45) is 0. The van der Waals surface area contributed by atoms with Gasteiger partial charge in [-0.3, -0.25) is 0 Å². The standard InChI is InChI=1S/C45H27N3OS/c1-4-13-28(14-5-1)32-19-10-22-36-40-37(23-12-24-38(40)49-41(32)36)45-47-43(30-17-8-3-9-18-30)46-44(48-45)31-25-26-34-35-21-11-20-33(29-15-6-2-7-16-29)42(35)50-39(34)27-31/h1-27H. The Labute approximate surface area is 292 Å². The van der Waals surface area contributed by atoms with Crippen LogP contribution in [0.4, 0.5) is 0 Å². The van der Waals surface area contributed by atoms with Gasteiger partial charge in [-0.1, -0.05) is 152 Å². The van der Waals surface area contributed by atoms with E-state index in [-0.39, 0.29) is 0 Å². The molecule has 5 heteroatoms. The molecule has 0 saturated heterocycles. The Morgan fingerprint density at radius 1 is 0.400 bits per heavy atom. The van der Waals surface area contributed by atoms with Crippen LogP contribution >= 0.6 is 11.3 Å². The second-order valence-electron chi connectivity index (χ2n) is 12.4. The lowest BCUT2D eigenvalue weighted by atomic mass is 10.0. The van der Waals surface area contributed by atoms with Crippen molar-refractivity contribution < 1.29 is 4.42 Å². The minimum atomic E-state index is 0.607. The molecule has 0 N–H and O–H groups in total. The van der Waals surface area contributed by atoms with Crippen molar-refractivity contribution in [3.05, 3.63) is 164 Å². The predicted octanol–water partition coefficient (Wildman–Crippen LogP) is 12.5. The SMILES string of the molecule is c1ccc(-c2nc(-c3ccc4c(c3)sc3c(-c5ccccc5)cccc34)nc(-c3cccc4oc5c(-c6ccccc6)cccc5c34)n2)cc1. The second-order valence-corrected chi connectivity index (χ2v) is 13.4. The molecule has 7 aromatic carbocycles. The van der Waals surface area contributed by atoms with Crippen LogP contribution in [0.2, 0.25) is 0 Å². The van der Waals surface area contributed by atoms with Crippen LogP contribution in [0.3, 0.4) is 0 Å². The van der Waals surface area contributed by atoms with Gasteiger partial charge in [-0.2, -0.15) is 0 Å². The molecule has 0 bridgehead atoms. The monoisotopic (exact) mass is 657 g/mol. The molecule has 0 saturated carbocycles. The molecule has 0 spiro atoms. The molecule has 234 valence electrons. The molecule has 0 aliphatic heterocycles. The fourth-order valence-electron chi connectivity index (χ4n) is 7.00. The van der Waals surface area contributed by atoms with Crippen molar-refractivity contribution >= 4 is 53.4 Å². The van der Waals surface area contributed by atoms with E-state index in [2.05, 4.69) is 115 Å². The van der Waals surface area contributed by atoms with Crippen LogP contribution in [0.25, 0.3) is 98.5 Å². The Morgan fingerprint density at radius 3 is 1.72 bits per heavy atom. The molecule has 10 rings (SSSR count). The maximum atomic E-state index is 6.58. The average Bonchev–Trinajstić information content (AvgIpc) is 3.77. The summed E-state index contributed by atoms with van der Waals surface area (Å²) in [7, 11) is 0. The van der Waals surface area contributed by atoms with Crippen molar-refractivity contribution in [2.45, 2.75) is 0 Å². The smallest absolute Gasteiger partial charge is 0.164 e. The van der Waals surface area contributed by atoms with Gasteiger partial charge < -0.3 is 4.42 Å². The van der Waals surface area contributed by atoms with Crippen LogP contribution in [0.1, 0.15) is 0 Å². The summed E-state index contributed by atoms with van der Waals surface area (Å²) < 4.78 is 9.05. The molecule has 4 nitrogen and oxygen atoms in total. The zero-order valence-corrected chi connectivity index (χ0v) is 27.6. The van der Waals surface area contributed by atoms with E-state index in [1.54, 1.807) is 0 Å². The third kappa shape index (κ3) is 4.71. The Bertz CT molecular complexity index is 2860. The zero-order valence-electron chi connectivity index (χ0n) is 26.7. The number of fused-ring (bicyclic) bond motifs is 6. The molecule has 50 heavy (non-hydrogen) atoms. The molecule has 10 aromatic rings. The first-order valence-corrected chi connectivity index (χ1v) is 17.4. The van der Waals surface area contributed by atoms with Crippen LogP contribution in [-0.2, 0) is 0 Å². The number of benzene rings is 7. The Kier molecular flexibility index (Phi) is 6.64. The van der Waals surface area contributed by atoms with Crippen molar-refractivity contribution in [1.29, 1.82) is 0 Å². The highest BCUT2D eigenvalue weighted by molar-refractivity contribution is 7.26. The molecule has 0 radical (unpaired) electrons. The number of aromatic nitrogens is 3. The summed E-state index contributed by atoms with van der Waals surface area (Å²) in [5.74, 6) is 1.87. The van der Waals surface area contributed by atoms with Gasteiger partial charge in [0, 0.05) is 53.2 Å². The van der Waals surface area contributed by atoms with Crippen LogP contribution in [0.15, 0.2) is 168 Å². The minimum absolute atomic E-state index is 0.607. The molecular weight excluding hydrogens is 631 g/mol. The van der Waals surface area contributed by atoms with E-state index in [9.17, 15) is 0 Å². The van der Waals surface area contributed by atoms with E-state index in [0.29, 0.717) is 17.5 Å². The van der Waals surface area contributed by atoms with Crippen LogP contribution in [0.5, 0.6) is 0 Å². The van der Waals surface area contributed by atoms with Gasteiger partial charge in [0.05, 0.1) is 0 Å². The first-order valence-electron chi connectivity index (χ1n) is 16.6. The Morgan fingerprint density at radius 2 is 0.980 bits per heavy atom. The lowest BCUT2D eigenvalue weighted by molar-refractivity contribution is 0.670. The minimum Gasteiger partial charge on any atom is -0.455 e. The van der Waals surface area contributed by atoms with E-state index in [0.717, 1.165) is 49.8 Å². The lowest BCUT2D eigenvalue weighted by Gasteiger charge is -2.09. The number of nitrogens with zero attached hydrogens (tertiary/aromatic N) is 3. The molecule has 0 aliphatic rings. The average molecular weight is 658 g/mol. The largest absolute Gasteiger partial charge is 0.455 e. The van der Waals surface area contributed by atoms with Gasteiger partial charge in [0.25, 0.3) is 0 Å². The molecule has 0 amide bonds. The third-order valence-electron chi connectivity index (χ3n) is 9.36. The Balaban J connectivity index is 1.18. The number of hydrogen-bond acceptors (Lipinski definition) is 5. The van der Waals surface area contributed by atoms with Crippen LogP contribution in [-0.4, -0.2) is 15.0 Å². The Hall–Kier alpha value is -6.43. The zero-order chi connectivity index (χ0) is 33.0. The maximum absolute atomic E-state index is 6.58. The summed E-state index contributed by atoms with van der Waals surface area (Å²) >= 11 is 1.81. The van der Waals surface area contributed by atoms with E-state index in [4.69, 9.17) is 19.4 Å². The lowest BCUT2D eigenvalue weighted by Crippen LogP contribution is -2.00. The normalized spacial score (nSPS) is 11.6. The summed E-state index contributed by atoms with van der Waals surface area (Å²) in [5, 5.41) is 4.51. The number of rotatable bonds is 5. The van der Waals surface area contributed by atoms with Gasteiger partial charge in [-0.25, -0.2) is 15.0 Å². The fraction of sp³-hybridized carbons (Fsp3) is 0. The van der Waals surface area contributed by atoms with Gasteiger partial charge >= 0.3 is 0 Å². The third-order valence-corrected chi connectivity index (χ3v) is 10.6. The van der Waals surface area contributed by atoms with E-state index in [1.807, 2.05) is 59.9 Å². The van der Waals surface area contributed by atoms with Gasteiger partial charge in [0.2, 0.25) is 0 Å². The summed E-state index contributed by atoms with van der Waals surface area (Å²) in [5.41, 5.74) is 9.06. The highest BCUT2D eigenvalue weighted by Gasteiger charge is 2.20. The second kappa shape index (κ2) is 11.6. The van der Waals surface area contributed by atoms with Crippen LogP contribution < -0.4 is 0 Å². The van der Waals surface area contributed by atoms with E-state index >= 15 is 0 Å².